The van der Waals surface area contributed by atoms with E-state index in [2.05, 4.69) is 92.8 Å². The summed E-state index contributed by atoms with van der Waals surface area (Å²) in [6, 6.07) is 18.7. The summed E-state index contributed by atoms with van der Waals surface area (Å²) in [4.78, 5) is 3.88. The molecule has 0 unspecified atom stereocenters. The van der Waals surface area contributed by atoms with Crippen LogP contribution in [0.3, 0.4) is 0 Å². The van der Waals surface area contributed by atoms with Gasteiger partial charge in [0.2, 0.25) is 0 Å². The first kappa shape index (κ1) is 25.2. The third-order valence-electron chi connectivity index (χ3n) is 5.51. The van der Waals surface area contributed by atoms with Crippen LogP contribution in [-0.4, -0.2) is 25.9 Å². The molecule has 0 spiro atoms. The van der Waals surface area contributed by atoms with E-state index in [9.17, 15) is 0 Å². The quantitative estimate of drug-likeness (QED) is 0.547. The predicted molar refractivity (Wildman–Crippen MR) is 130 cm³/mol. The number of likely N-dealkylation sites (N-methyl/N-ethyl adjacent to an activating group) is 1. The average molecular weight is 442 g/mol. The number of thioether (sulfide) groups is 1. The molecule has 1 aliphatic heterocycles. The van der Waals surface area contributed by atoms with Crippen molar-refractivity contribution >= 4 is 42.3 Å². The number of hydrogen-bond acceptors (Lipinski definition) is 3. The summed E-state index contributed by atoms with van der Waals surface area (Å²) in [6.45, 7) is 7.97. The van der Waals surface area contributed by atoms with Crippen LogP contribution in [0.4, 0.5) is 5.69 Å². The molecule has 1 N–H and O–H groups in total. The van der Waals surface area contributed by atoms with Gasteiger partial charge in [-0.25, -0.2) is 0 Å². The smallest absolute Gasteiger partial charge is 0.0527 e. The van der Waals surface area contributed by atoms with Crippen LogP contribution < -0.4 is 10.2 Å². The Balaban J connectivity index is 0.00000196. The molecule has 2 atom stereocenters. The molecule has 5 heteroatoms. The molecule has 2 aromatic carbocycles. The van der Waals surface area contributed by atoms with Gasteiger partial charge in [0.25, 0.3) is 0 Å². The molecule has 2 nitrogen and oxygen atoms in total. The molecule has 1 aliphatic rings. The van der Waals surface area contributed by atoms with Crippen molar-refractivity contribution < 1.29 is 0 Å². The van der Waals surface area contributed by atoms with Crippen molar-refractivity contribution in [2.45, 2.75) is 56.0 Å². The van der Waals surface area contributed by atoms with Gasteiger partial charge in [-0.05, 0) is 54.3 Å². The zero-order chi connectivity index (χ0) is 18.7. The van der Waals surface area contributed by atoms with Crippen LogP contribution in [0.1, 0.15) is 50.8 Å². The number of benzene rings is 2. The van der Waals surface area contributed by atoms with Crippen LogP contribution in [0.15, 0.2) is 53.4 Å². The van der Waals surface area contributed by atoms with Gasteiger partial charge in [-0.15, -0.1) is 36.6 Å². The van der Waals surface area contributed by atoms with Crippen LogP contribution in [0.25, 0.3) is 0 Å². The standard InChI is InChI=1S/C23H32N2S.2ClH/c1-23(2,3)18-13-14-21(26-5)20(16-18)25(4)19-12-9-15-24-22(19)17-10-7-6-8-11-17;;/h6-8,10-11,13-14,16,19,22,24H,9,12,15H2,1-5H3;2*1H/t19-,22-;;/m1../s1. The lowest BCUT2D eigenvalue weighted by atomic mass is 9.86. The van der Waals surface area contributed by atoms with Crippen molar-refractivity contribution in [3.8, 4) is 0 Å². The molecule has 0 bridgehead atoms. The Morgan fingerprint density at radius 1 is 1.04 bits per heavy atom. The molecule has 28 heavy (non-hydrogen) atoms. The van der Waals surface area contributed by atoms with E-state index in [0.717, 1.165) is 6.54 Å². The highest BCUT2D eigenvalue weighted by Gasteiger charge is 2.30. The maximum absolute atomic E-state index is 3.77. The second-order valence-corrected chi connectivity index (χ2v) is 9.15. The topological polar surface area (TPSA) is 15.3 Å². The SMILES string of the molecule is CSc1ccc(C(C)(C)C)cc1N(C)[C@@H]1CCCN[C@@H]1c1ccccc1.Cl.Cl. The van der Waals surface area contributed by atoms with Gasteiger partial charge >= 0.3 is 0 Å². The lowest BCUT2D eigenvalue weighted by molar-refractivity contribution is 0.347. The Morgan fingerprint density at radius 2 is 1.71 bits per heavy atom. The van der Waals surface area contributed by atoms with Crippen molar-refractivity contribution in [3.63, 3.8) is 0 Å². The average Bonchev–Trinajstić information content (AvgIpc) is 2.67. The molecular formula is C23H34Cl2N2S. The molecule has 156 valence electrons. The number of nitrogens with zero attached hydrogens (tertiary/aromatic N) is 1. The number of nitrogens with one attached hydrogen (secondary N) is 1. The Hall–Kier alpha value is -0.870. The Kier molecular flexibility index (Phi) is 9.69. The van der Waals surface area contributed by atoms with Gasteiger partial charge in [-0.1, -0.05) is 57.2 Å². The van der Waals surface area contributed by atoms with Crippen molar-refractivity contribution in [1.82, 2.24) is 5.32 Å². The summed E-state index contributed by atoms with van der Waals surface area (Å²) in [5.41, 5.74) is 4.31. The first-order valence-electron chi connectivity index (χ1n) is 9.61. The lowest BCUT2D eigenvalue weighted by Gasteiger charge is -2.41. The monoisotopic (exact) mass is 440 g/mol. The molecule has 0 amide bonds. The molecular weight excluding hydrogens is 407 g/mol. The summed E-state index contributed by atoms with van der Waals surface area (Å²) < 4.78 is 0. The fraction of sp³-hybridized carbons (Fsp3) is 0.478. The van der Waals surface area contributed by atoms with Gasteiger partial charge in [0, 0.05) is 18.0 Å². The fourth-order valence-corrected chi connectivity index (χ4v) is 4.52. The van der Waals surface area contributed by atoms with Crippen molar-refractivity contribution in [3.05, 3.63) is 59.7 Å². The Bertz CT molecular complexity index is 731. The van der Waals surface area contributed by atoms with E-state index in [1.165, 1.54) is 34.6 Å². The van der Waals surface area contributed by atoms with E-state index in [1.807, 2.05) is 11.8 Å². The molecule has 1 fully saturated rings. The minimum absolute atomic E-state index is 0. The molecule has 2 aromatic rings. The third kappa shape index (κ3) is 5.60. The lowest BCUT2D eigenvalue weighted by Crippen LogP contribution is -2.47. The molecule has 0 aromatic heterocycles. The van der Waals surface area contributed by atoms with Gasteiger partial charge < -0.3 is 10.2 Å². The van der Waals surface area contributed by atoms with Gasteiger partial charge in [0.15, 0.2) is 0 Å². The molecule has 1 saturated heterocycles. The number of rotatable bonds is 4. The Labute approximate surface area is 187 Å². The zero-order valence-electron chi connectivity index (χ0n) is 17.6. The number of hydrogen-bond donors (Lipinski definition) is 1. The largest absolute Gasteiger partial charge is 0.369 e. The van der Waals surface area contributed by atoms with E-state index >= 15 is 0 Å². The van der Waals surface area contributed by atoms with Crippen molar-refractivity contribution in [2.24, 2.45) is 0 Å². The van der Waals surface area contributed by atoms with Gasteiger partial charge in [0.1, 0.15) is 0 Å². The van der Waals surface area contributed by atoms with Crippen LogP contribution in [-0.2, 0) is 5.41 Å². The number of piperidine rings is 1. The molecule has 0 saturated carbocycles. The van der Waals surface area contributed by atoms with Crippen molar-refractivity contribution in [2.75, 3.05) is 24.7 Å². The van der Waals surface area contributed by atoms with E-state index in [4.69, 9.17) is 0 Å². The highest BCUT2D eigenvalue weighted by Crippen LogP contribution is 2.37. The third-order valence-corrected chi connectivity index (χ3v) is 6.29. The van der Waals surface area contributed by atoms with E-state index in [1.54, 1.807) is 0 Å². The fourth-order valence-electron chi connectivity index (χ4n) is 3.90. The minimum Gasteiger partial charge on any atom is -0.369 e. The summed E-state index contributed by atoms with van der Waals surface area (Å²) >= 11 is 1.84. The van der Waals surface area contributed by atoms with Gasteiger partial charge in [0.05, 0.1) is 11.7 Å². The van der Waals surface area contributed by atoms with E-state index in [0.29, 0.717) is 12.1 Å². The summed E-state index contributed by atoms with van der Waals surface area (Å²) in [5.74, 6) is 0. The van der Waals surface area contributed by atoms with Crippen LogP contribution in [0.2, 0.25) is 0 Å². The number of halogens is 2. The first-order chi connectivity index (χ1) is 12.4. The van der Waals surface area contributed by atoms with Crippen molar-refractivity contribution in [1.29, 1.82) is 0 Å². The highest BCUT2D eigenvalue weighted by atomic mass is 35.5. The molecule has 1 heterocycles. The van der Waals surface area contributed by atoms with E-state index < -0.39 is 0 Å². The predicted octanol–water partition coefficient (Wildman–Crippen LogP) is 6.48. The van der Waals surface area contributed by atoms with Crippen LogP contribution in [0.5, 0.6) is 0 Å². The highest BCUT2D eigenvalue weighted by molar-refractivity contribution is 7.98. The zero-order valence-corrected chi connectivity index (χ0v) is 20.0. The molecule has 0 aliphatic carbocycles. The van der Waals surface area contributed by atoms with Gasteiger partial charge in [-0.2, -0.15) is 0 Å². The minimum atomic E-state index is 0. The van der Waals surface area contributed by atoms with Crippen LogP contribution >= 0.6 is 36.6 Å². The maximum atomic E-state index is 3.77. The maximum Gasteiger partial charge on any atom is 0.0527 e. The van der Waals surface area contributed by atoms with Gasteiger partial charge in [-0.3, -0.25) is 0 Å². The van der Waals surface area contributed by atoms with E-state index in [-0.39, 0.29) is 30.2 Å². The number of anilines is 1. The van der Waals surface area contributed by atoms with Crippen LogP contribution in [0, 0.1) is 0 Å². The first-order valence-corrected chi connectivity index (χ1v) is 10.8. The normalized spacial score (nSPS) is 19.3. The molecule has 0 radical (unpaired) electrons. The summed E-state index contributed by atoms with van der Waals surface area (Å²) in [6.07, 6.45) is 4.62. The second-order valence-electron chi connectivity index (χ2n) is 8.30. The summed E-state index contributed by atoms with van der Waals surface area (Å²) in [5, 5.41) is 3.77. The molecule has 3 rings (SSSR count). The Morgan fingerprint density at radius 3 is 2.32 bits per heavy atom. The second kappa shape index (κ2) is 10.8. The summed E-state index contributed by atoms with van der Waals surface area (Å²) in [7, 11) is 2.27.